The Morgan fingerprint density at radius 2 is 1.75 bits per heavy atom. The van der Waals surface area contributed by atoms with E-state index in [0.717, 1.165) is 0 Å². The van der Waals surface area contributed by atoms with Crippen LogP contribution in [-0.2, 0) is 10.0 Å². The van der Waals surface area contributed by atoms with Gasteiger partial charge >= 0.3 is 0 Å². The van der Waals surface area contributed by atoms with Crippen molar-refractivity contribution >= 4 is 10.0 Å². The van der Waals surface area contributed by atoms with Gasteiger partial charge in [-0.1, -0.05) is 13.8 Å². The maximum Gasteiger partial charge on any atom is 0.241 e. The molecule has 0 spiro atoms. The first-order valence-corrected chi connectivity index (χ1v) is 8.05. The molecule has 1 aromatic rings. The number of rotatable bonds is 6. The van der Waals surface area contributed by atoms with Gasteiger partial charge in [0.1, 0.15) is 5.82 Å². The Hall–Kier alpha value is -0.980. The smallest absolute Gasteiger partial charge is 0.241 e. The number of hydrogen-bond donors (Lipinski definition) is 2. The number of benzene rings is 1. The van der Waals surface area contributed by atoms with Gasteiger partial charge < -0.3 is 5.11 Å². The van der Waals surface area contributed by atoms with Gasteiger partial charge in [-0.2, -0.15) is 0 Å². The molecule has 0 saturated carbocycles. The molecule has 4 nitrogen and oxygen atoms in total. The lowest BCUT2D eigenvalue weighted by molar-refractivity contribution is 0.240. The van der Waals surface area contributed by atoms with E-state index in [-0.39, 0.29) is 17.4 Å². The van der Waals surface area contributed by atoms with Gasteiger partial charge in [-0.05, 0) is 49.4 Å². The van der Waals surface area contributed by atoms with Crippen LogP contribution < -0.4 is 4.72 Å². The highest BCUT2D eigenvalue weighted by Crippen LogP contribution is 2.22. The van der Waals surface area contributed by atoms with Gasteiger partial charge in [-0.15, -0.1) is 0 Å². The zero-order chi connectivity index (χ0) is 15.5. The number of hydrogen-bond acceptors (Lipinski definition) is 3. The number of aliphatic hydroxyl groups excluding tert-OH is 1. The summed E-state index contributed by atoms with van der Waals surface area (Å²) < 4.78 is 40.5. The van der Waals surface area contributed by atoms with Crippen molar-refractivity contribution in [1.29, 1.82) is 0 Å². The molecule has 6 heteroatoms. The average molecular weight is 303 g/mol. The van der Waals surface area contributed by atoms with E-state index in [4.69, 9.17) is 0 Å². The Kier molecular flexibility index (Phi) is 5.68. The number of aryl methyl sites for hydroxylation is 2. The van der Waals surface area contributed by atoms with E-state index in [9.17, 15) is 17.9 Å². The summed E-state index contributed by atoms with van der Waals surface area (Å²) in [6.07, 6.45) is 0.537. The number of sulfonamides is 1. The Labute approximate surface area is 120 Å². The van der Waals surface area contributed by atoms with Crippen molar-refractivity contribution in [2.45, 2.75) is 45.1 Å². The second kappa shape index (κ2) is 6.65. The normalized spacial score (nSPS) is 13.8. The zero-order valence-electron chi connectivity index (χ0n) is 12.3. The lowest BCUT2D eigenvalue weighted by atomic mass is 10.1. The number of aliphatic hydroxyl groups is 1. The first-order chi connectivity index (χ1) is 9.17. The summed E-state index contributed by atoms with van der Waals surface area (Å²) in [5.74, 6) is -0.204. The molecule has 0 radical (unpaired) electrons. The van der Waals surface area contributed by atoms with Gasteiger partial charge in [0, 0.05) is 6.04 Å². The molecule has 1 unspecified atom stereocenters. The molecule has 0 aliphatic carbocycles. The van der Waals surface area contributed by atoms with Crippen LogP contribution in [0.4, 0.5) is 4.39 Å². The van der Waals surface area contributed by atoms with Crippen LogP contribution in [0, 0.1) is 25.6 Å². The van der Waals surface area contributed by atoms with Crippen molar-refractivity contribution in [3.8, 4) is 0 Å². The minimum absolute atomic E-state index is 0.0844. The van der Waals surface area contributed by atoms with E-state index in [1.54, 1.807) is 13.8 Å². The van der Waals surface area contributed by atoms with E-state index in [0.29, 0.717) is 17.5 Å². The molecule has 1 atom stereocenters. The van der Waals surface area contributed by atoms with Crippen molar-refractivity contribution < 1.29 is 17.9 Å². The molecule has 0 fully saturated rings. The predicted molar refractivity (Wildman–Crippen MR) is 76.5 cm³/mol. The highest BCUT2D eigenvalue weighted by atomic mass is 32.2. The fourth-order valence-corrected chi connectivity index (χ4v) is 4.02. The molecule has 1 rings (SSSR count). The Morgan fingerprint density at radius 1 is 1.25 bits per heavy atom. The van der Waals surface area contributed by atoms with Gasteiger partial charge in [0.05, 0.1) is 11.5 Å². The molecule has 0 amide bonds. The van der Waals surface area contributed by atoms with E-state index in [1.807, 2.05) is 13.8 Å². The Bertz CT molecular complexity index is 547. The highest BCUT2D eigenvalue weighted by Gasteiger charge is 2.24. The molecule has 114 valence electrons. The van der Waals surface area contributed by atoms with Crippen LogP contribution in [0.2, 0.25) is 0 Å². The molecule has 0 saturated heterocycles. The van der Waals surface area contributed by atoms with Crippen LogP contribution in [0.1, 0.15) is 31.4 Å². The zero-order valence-corrected chi connectivity index (χ0v) is 13.1. The molecular weight excluding hydrogens is 281 g/mol. The lowest BCUT2D eigenvalue weighted by Crippen LogP contribution is -2.38. The molecule has 0 aliphatic heterocycles. The monoisotopic (exact) mass is 303 g/mol. The first kappa shape index (κ1) is 17.1. The van der Waals surface area contributed by atoms with Crippen molar-refractivity contribution in [1.82, 2.24) is 4.72 Å². The van der Waals surface area contributed by atoms with Crippen molar-refractivity contribution in [2.24, 2.45) is 5.92 Å². The number of halogens is 1. The van der Waals surface area contributed by atoms with Crippen LogP contribution in [0.15, 0.2) is 17.0 Å². The van der Waals surface area contributed by atoms with Crippen molar-refractivity contribution in [2.75, 3.05) is 6.61 Å². The molecule has 2 N–H and O–H groups in total. The van der Waals surface area contributed by atoms with Gasteiger partial charge in [-0.25, -0.2) is 17.5 Å². The summed E-state index contributed by atoms with van der Waals surface area (Å²) in [6, 6.07) is 1.85. The third-order valence-electron chi connectivity index (χ3n) is 2.99. The first-order valence-electron chi connectivity index (χ1n) is 6.57. The molecule has 0 heterocycles. The minimum Gasteiger partial charge on any atom is -0.395 e. The topological polar surface area (TPSA) is 66.4 Å². The average Bonchev–Trinajstić information content (AvgIpc) is 2.24. The predicted octanol–water partition coefficient (Wildman–Crippen LogP) is 2.13. The van der Waals surface area contributed by atoms with Crippen molar-refractivity contribution in [3.05, 3.63) is 29.1 Å². The summed E-state index contributed by atoms with van der Waals surface area (Å²) in [4.78, 5) is 0.0844. The van der Waals surface area contributed by atoms with Gasteiger partial charge in [0.25, 0.3) is 0 Å². The SMILES string of the molecule is Cc1cc(F)cc(C)c1S(=O)(=O)NC(CO)CC(C)C. The fourth-order valence-electron chi connectivity index (χ4n) is 2.33. The molecule has 0 aliphatic rings. The molecular formula is C14H22FNO3S. The minimum atomic E-state index is -3.77. The van der Waals surface area contributed by atoms with Crippen LogP contribution in [-0.4, -0.2) is 26.2 Å². The maximum atomic E-state index is 13.2. The summed E-state index contributed by atoms with van der Waals surface area (Å²) in [6.45, 7) is 6.75. The summed E-state index contributed by atoms with van der Waals surface area (Å²) in [5, 5.41) is 9.28. The van der Waals surface area contributed by atoms with E-state index >= 15 is 0 Å². The fraction of sp³-hybridized carbons (Fsp3) is 0.571. The third-order valence-corrected chi connectivity index (χ3v) is 4.82. The molecule has 1 aromatic carbocycles. The van der Waals surface area contributed by atoms with E-state index in [2.05, 4.69) is 4.72 Å². The Balaban J connectivity index is 3.11. The van der Waals surface area contributed by atoms with E-state index in [1.165, 1.54) is 12.1 Å². The third kappa shape index (κ3) is 4.26. The molecule has 20 heavy (non-hydrogen) atoms. The summed E-state index contributed by atoms with van der Waals surface area (Å²) in [5.41, 5.74) is 0.715. The standard InChI is InChI=1S/C14H22FNO3S/c1-9(2)5-13(8-17)16-20(18,19)14-10(3)6-12(15)7-11(14)4/h6-7,9,13,16-17H,5,8H2,1-4H3. The largest absolute Gasteiger partial charge is 0.395 e. The second-order valence-electron chi connectivity index (χ2n) is 5.50. The van der Waals surface area contributed by atoms with Crippen LogP contribution in [0.3, 0.4) is 0 Å². The van der Waals surface area contributed by atoms with Crippen LogP contribution >= 0.6 is 0 Å². The molecule has 0 aromatic heterocycles. The second-order valence-corrected chi connectivity index (χ2v) is 7.15. The summed E-state index contributed by atoms with van der Waals surface area (Å²) in [7, 11) is -3.77. The van der Waals surface area contributed by atoms with Gasteiger partial charge in [0.15, 0.2) is 0 Å². The van der Waals surface area contributed by atoms with Crippen molar-refractivity contribution in [3.63, 3.8) is 0 Å². The number of nitrogens with one attached hydrogen (secondary N) is 1. The quantitative estimate of drug-likeness (QED) is 0.846. The molecule has 0 bridgehead atoms. The van der Waals surface area contributed by atoms with Crippen LogP contribution in [0.5, 0.6) is 0 Å². The lowest BCUT2D eigenvalue weighted by Gasteiger charge is -2.20. The van der Waals surface area contributed by atoms with Gasteiger partial charge in [-0.3, -0.25) is 0 Å². The van der Waals surface area contributed by atoms with E-state index < -0.39 is 21.9 Å². The highest BCUT2D eigenvalue weighted by molar-refractivity contribution is 7.89. The Morgan fingerprint density at radius 3 is 2.15 bits per heavy atom. The van der Waals surface area contributed by atoms with Gasteiger partial charge in [0.2, 0.25) is 10.0 Å². The van der Waals surface area contributed by atoms with Crippen LogP contribution in [0.25, 0.3) is 0 Å². The summed E-state index contributed by atoms with van der Waals surface area (Å²) >= 11 is 0. The maximum absolute atomic E-state index is 13.2.